The molecule has 0 saturated carbocycles. The summed E-state index contributed by atoms with van der Waals surface area (Å²) in [5.41, 5.74) is 2.00. The van der Waals surface area contributed by atoms with Crippen LogP contribution in [0.2, 0.25) is 0 Å². The number of Topliss-reactive ketones (excluding diaryl/α,β-unsaturated/α-hetero) is 1. The van der Waals surface area contributed by atoms with Crippen LogP contribution in [0.4, 0.5) is 0 Å². The van der Waals surface area contributed by atoms with Crippen LogP contribution in [0, 0.1) is 0 Å². The summed E-state index contributed by atoms with van der Waals surface area (Å²) in [6.07, 6.45) is 0. The zero-order valence-corrected chi connectivity index (χ0v) is 12.1. The molecule has 4 nitrogen and oxygen atoms in total. The molecule has 0 radical (unpaired) electrons. The molecule has 1 heterocycles. The van der Waals surface area contributed by atoms with Gasteiger partial charge in [0.05, 0.1) is 16.8 Å². The lowest BCUT2D eigenvalue weighted by molar-refractivity contribution is 0.101. The van der Waals surface area contributed by atoms with Gasteiger partial charge in [0.15, 0.2) is 5.78 Å². The van der Waals surface area contributed by atoms with Crippen LogP contribution in [0.3, 0.4) is 0 Å². The smallest absolute Gasteiger partial charge is 0.163 e. The number of carbonyl (C=O) groups is 1. The first-order chi connectivity index (χ1) is 10.6. The van der Waals surface area contributed by atoms with E-state index < -0.39 is 0 Å². The molecule has 0 amide bonds. The Morgan fingerprint density at radius 1 is 1.14 bits per heavy atom. The number of pyridine rings is 1. The number of carbonyl (C=O) groups excluding carboxylic acids is 1. The zero-order valence-electron chi connectivity index (χ0n) is 12.1. The van der Waals surface area contributed by atoms with E-state index in [2.05, 4.69) is 4.98 Å². The van der Waals surface area contributed by atoms with Gasteiger partial charge in [0.25, 0.3) is 0 Å². The van der Waals surface area contributed by atoms with E-state index in [1.165, 1.54) is 13.0 Å². The van der Waals surface area contributed by atoms with Crippen LogP contribution in [0.15, 0.2) is 54.6 Å². The van der Waals surface area contributed by atoms with E-state index in [1.807, 2.05) is 36.4 Å². The van der Waals surface area contributed by atoms with Gasteiger partial charge < -0.3 is 9.84 Å². The average Bonchev–Trinajstić information content (AvgIpc) is 2.52. The van der Waals surface area contributed by atoms with E-state index in [4.69, 9.17) is 4.74 Å². The highest BCUT2D eigenvalue weighted by atomic mass is 16.5. The van der Waals surface area contributed by atoms with Gasteiger partial charge in [0.2, 0.25) is 0 Å². The topological polar surface area (TPSA) is 59.4 Å². The monoisotopic (exact) mass is 293 g/mol. The fourth-order valence-electron chi connectivity index (χ4n) is 2.24. The molecule has 1 N–H and O–H groups in total. The van der Waals surface area contributed by atoms with Gasteiger partial charge in [-0.2, -0.15) is 0 Å². The molecule has 0 atom stereocenters. The number of benzene rings is 2. The third-order valence-corrected chi connectivity index (χ3v) is 3.39. The number of hydrogen-bond donors (Lipinski definition) is 1. The van der Waals surface area contributed by atoms with Crippen LogP contribution in [-0.2, 0) is 6.61 Å². The molecule has 2 aromatic carbocycles. The molecule has 110 valence electrons. The van der Waals surface area contributed by atoms with Gasteiger partial charge >= 0.3 is 0 Å². The SMILES string of the molecule is CC(=O)c1ccc(OCc2ccc3ccccc3n2)cc1O. The van der Waals surface area contributed by atoms with Crippen molar-refractivity contribution >= 4 is 16.7 Å². The lowest BCUT2D eigenvalue weighted by Gasteiger charge is -2.08. The number of phenolic OH excluding ortho intramolecular Hbond substituents is 1. The van der Waals surface area contributed by atoms with E-state index in [-0.39, 0.29) is 17.1 Å². The summed E-state index contributed by atoms with van der Waals surface area (Å²) in [7, 11) is 0. The van der Waals surface area contributed by atoms with Crippen LogP contribution >= 0.6 is 0 Å². The minimum absolute atomic E-state index is 0.0727. The van der Waals surface area contributed by atoms with Crippen LogP contribution in [0.5, 0.6) is 11.5 Å². The Hall–Kier alpha value is -2.88. The number of nitrogens with zero attached hydrogens (tertiary/aromatic N) is 1. The highest BCUT2D eigenvalue weighted by Gasteiger charge is 2.08. The largest absolute Gasteiger partial charge is 0.507 e. The summed E-state index contributed by atoms with van der Waals surface area (Å²) in [5, 5.41) is 10.9. The lowest BCUT2D eigenvalue weighted by atomic mass is 10.1. The van der Waals surface area contributed by atoms with E-state index in [0.717, 1.165) is 16.6 Å². The summed E-state index contributed by atoms with van der Waals surface area (Å²) < 4.78 is 5.62. The molecular weight excluding hydrogens is 278 g/mol. The summed E-state index contributed by atoms with van der Waals surface area (Å²) in [6.45, 7) is 1.71. The first-order valence-electron chi connectivity index (χ1n) is 6.95. The number of rotatable bonds is 4. The predicted octanol–water partition coefficient (Wildman–Crippen LogP) is 3.72. The molecule has 3 rings (SSSR count). The Morgan fingerprint density at radius 3 is 2.73 bits per heavy atom. The molecule has 0 spiro atoms. The van der Waals surface area contributed by atoms with Gasteiger partial charge in [-0.25, -0.2) is 4.98 Å². The van der Waals surface area contributed by atoms with Gasteiger partial charge in [-0.3, -0.25) is 4.79 Å². The average molecular weight is 293 g/mol. The second-order valence-corrected chi connectivity index (χ2v) is 5.02. The molecule has 0 unspecified atom stereocenters. The molecule has 3 aromatic rings. The molecule has 0 bridgehead atoms. The zero-order chi connectivity index (χ0) is 15.5. The molecule has 4 heteroatoms. The van der Waals surface area contributed by atoms with Crippen LogP contribution in [0.1, 0.15) is 23.0 Å². The van der Waals surface area contributed by atoms with Gasteiger partial charge in [0.1, 0.15) is 18.1 Å². The molecule has 0 aliphatic heterocycles. The van der Waals surface area contributed by atoms with E-state index in [0.29, 0.717) is 12.4 Å². The maximum Gasteiger partial charge on any atom is 0.163 e. The number of para-hydroxylation sites is 1. The summed E-state index contributed by atoms with van der Waals surface area (Å²) >= 11 is 0. The van der Waals surface area contributed by atoms with Crippen LogP contribution in [0.25, 0.3) is 10.9 Å². The number of aromatic hydroxyl groups is 1. The van der Waals surface area contributed by atoms with Crippen molar-refractivity contribution in [3.63, 3.8) is 0 Å². The third-order valence-electron chi connectivity index (χ3n) is 3.39. The second-order valence-electron chi connectivity index (χ2n) is 5.02. The summed E-state index contributed by atoms with van der Waals surface area (Å²) in [6, 6.07) is 16.4. The quantitative estimate of drug-likeness (QED) is 0.745. The fraction of sp³-hybridized carbons (Fsp3) is 0.111. The maximum atomic E-state index is 11.3. The normalized spacial score (nSPS) is 10.6. The van der Waals surface area contributed by atoms with E-state index in [1.54, 1.807) is 12.1 Å². The Balaban J connectivity index is 1.76. The van der Waals surface area contributed by atoms with Crippen molar-refractivity contribution in [2.24, 2.45) is 0 Å². The second kappa shape index (κ2) is 5.85. The van der Waals surface area contributed by atoms with E-state index >= 15 is 0 Å². The molecule has 0 aliphatic carbocycles. The maximum absolute atomic E-state index is 11.3. The van der Waals surface area contributed by atoms with Gasteiger partial charge in [-0.15, -0.1) is 0 Å². The Kier molecular flexibility index (Phi) is 3.74. The number of fused-ring (bicyclic) bond motifs is 1. The number of hydrogen-bond acceptors (Lipinski definition) is 4. The van der Waals surface area contributed by atoms with Gasteiger partial charge in [0, 0.05) is 11.5 Å². The number of phenols is 1. The van der Waals surface area contributed by atoms with Crippen molar-refractivity contribution in [3.05, 3.63) is 65.9 Å². The van der Waals surface area contributed by atoms with E-state index in [9.17, 15) is 9.90 Å². The van der Waals surface area contributed by atoms with Crippen molar-refractivity contribution in [1.82, 2.24) is 4.98 Å². The molecule has 1 aromatic heterocycles. The van der Waals surface area contributed by atoms with Crippen molar-refractivity contribution < 1.29 is 14.6 Å². The molecule has 0 fully saturated rings. The third kappa shape index (κ3) is 2.91. The van der Waals surface area contributed by atoms with Crippen molar-refractivity contribution in [3.8, 4) is 11.5 Å². The first kappa shape index (κ1) is 14.1. The Morgan fingerprint density at radius 2 is 1.95 bits per heavy atom. The lowest BCUT2D eigenvalue weighted by Crippen LogP contribution is -1.99. The summed E-state index contributed by atoms with van der Waals surface area (Å²) in [4.78, 5) is 15.8. The number of ketones is 1. The highest BCUT2D eigenvalue weighted by Crippen LogP contribution is 2.24. The Labute approximate surface area is 128 Å². The standard InChI is InChI=1S/C18H15NO3/c1-12(20)16-9-8-15(10-18(16)21)22-11-14-7-6-13-4-2-3-5-17(13)19-14/h2-10,21H,11H2,1H3. The first-order valence-corrected chi connectivity index (χ1v) is 6.95. The number of ether oxygens (including phenoxy) is 1. The fourth-order valence-corrected chi connectivity index (χ4v) is 2.24. The Bertz CT molecular complexity index is 843. The predicted molar refractivity (Wildman–Crippen MR) is 84.2 cm³/mol. The molecular formula is C18H15NO3. The van der Waals surface area contributed by atoms with Crippen molar-refractivity contribution in [2.75, 3.05) is 0 Å². The summed E-state index contributed by atoms with van der Waals surface area (Å²) in [5.74, 6) is 0.245. The van der Waals surface area contributed by atoms with Crippen molar-refractivity contribution in [1.29, 1.82) is 0 Å². The van der Waals surface area contributed by atoms with Gasteiger partial charge in [-0.1, -0.05) is 24.3 Å². The van der Waals surface area contributed by atoms with Gasteiger partial charge in [-0.05, 0) is 31.2 Å². The molecule has 22 heavy (non-hydrogen) atoms. The highest BCUT2D eigenvalue weighted by molar-refractivity contribution is 5.96. The van der Waals surface area contributed by atoms with Crippen molar-refractivity contribution in [2.45, 2.75) is 13.5 Å². The molecule has 0 saturated heterocycles. The number of aromatic nitrogens is 1. The minimum atomic E-state index is -0.180. The van der Waals surface area contributed by atoms with Crippen LogP contribution in [-0.4, -0.2) is 15.9 Å². The minimum Gasteiger partial charge on any atom is -0.507 e. The van der Waals surface area contributed by atoms with Crippen LogP contribution < -0.4 is 4.74 Å². The molecule has 0 aliphatic rings.